The monoisotopic (exact) mass is 582 g/mol. The molecule has 0 bridgehead atoms. The number of imidazole rings is 1. The van der Waals surface area contributed by atoms with Crippen LogP contribution in [0, 0.1) is 13.8 Å². The Balaban J connectivity index is 1.61. The summed E-state index contributed by atoms with van der Waals surface area (Å²) in [5.74, 6) is -2.07. The van der Waals surface area contributed by atoms with Gasteiger partial charge in [0.05, 0.1) is 37.6 Å². The van der Waals surface area contributed by atoms with E-state index in [2.05, 4.69) is 9.97 Å². The first-order valence-corrected chi connectivity index (χ1v) is 13.4. The number of amides is 1. The summed E-state index contributed by atoms with van der Waals surface area (Å²) in [6, 6.07) is 12.8. The number of benzene rings is 2. The lowest BCUT2D eigenvalue weighted by Crippen LogP contribution is -2.29. The average Bonchev–Trinajstić information content (AvgIpc) is 3.53. The maximum atomic E-state index is 13.6. The second-order valence-electron chi connectivity index (χ2n) is 8.88. The molecule has 0 spiro atoms. The molecule has 38 heavy (non-hydrogen) atoms. The number of aryl methyl sites for hydroxylation is 2. The molecule has 1 N–H and O–H groups in total. The van der Waals surface area contributed by atoms with Gasteiger partial charge in [-0.2, -0.15) is 0 Å². The predicted octanol–water partition coefficient (Wildman–Crippen LogP) is 7.15. The van der Waals surface area contributed by atoms with Gasteiger partial charge < -0.3 is 9.51 Å². The molecule has 0 saturated carbocycles. The van der Waals surface area contributed by atoms with E-state index in [4.69, 9.17) is 34.8 Å². The number of rotatable bonds is 3. The smallest absolute Gasteiger partial charge is 0.301 e. The van der Waals surface area contributed by atoms with E-state index in [1.165, 1.54) is 16.2 Å². The zero-order valence-electron chi connectivity index (χ0n) is 19.9. The third-order valence-corrected chi connectivity index (χ3v) is 8.55. The Bertz CT molecular complexity index is 1860. The topological polar surface area (TPSA) is 87.8 Å². The highest BCUT2D eigenvalue weighted by molar-refractivity contribution is 7.22. The predicted molar refractivity (Wildman–Crippen MR) is 151 cm³/mol. The molecule has 2 aromatic carbocycles. The van der Waals surface area contributed by atoms with Gasteiger partial charge in [0.15, 0.2) is 10.9 Å². The van der Waals surface area contributed by atoms with E-state index in [9.17, 15) is 14.7 Å². The molecule has 1 atom stereocenters. The van der Waals surface area contributed by atoms with Crippen LogP contribution < -0.4 is 4.90 Å². The van der Waals surface area contributed by atoms with Gasteiger partial charge in [-0.3, -0.25) is 14.5 Å². The molecule has 6 rings (SSSR count). The van der Waals surface area contributed by atoms with E-state index in [1.54, 1.807) is 43.3 Å². The highest BCUT2D eigenvalue weighted by Crippen LogP contribution is 2.45. The van der Waals surface area contributed by atoms with Crippen LogP contribution in [0.25, 0.3) is 21.6 Å². The number of thiazole rings is 1. The molecule has 1 aliphatic rings. The molecule has 1 unspecified atom stereocenters. The van der Waals surface area contributed by atoms with Crippen LogP contribution in [0.2, 0.25) is 15.1 Å². The first kappa shape index (κ1) is 24.9. The Morgan fingerprint density at radius 1 is 1.00 bits per heavy atom. The lowest BCUT2D eigenvalue weighted by Gasteiger charge is -2.23. The third-order valence-electron chi connectivity index (χ3n) is 6.56. The second kappa shape index (κ2) is 9.10. The quantitative estimate of drug-likeness (QED) is 0.138. The van der Waals surface area contributed by atoms with Crippen LogP contribution in [0.1, 0.15) is 28.6 Å². The van der Waals surface area contributed by atoms with Crippen molar-refractivity contribution < 1.29 is 14.7 Å². The van der Waals surface area contributed by atoms with Crippen molar-refractivity contribution >= 4 is 84.6 Å². The van der Waals surface area contributed by atoms with Crippen molar-refractivity contribution in [2.24, 2.45) is 0 Å². The standard InChI is InChI=1S/C27H17Cl3N4O3S/c1-12-4-3-9-33-13(2)21(32-25(12)33)23(35)20-22(14-5-7-16(29)17(30)10-14)34(26(37)24(20)36)27-31-18-8-6-15(28)11-19(18)38-27/h3-11,22,35H,1-2H3. The molecular formula is C27H17Cl3N4O3S. The van der Waals surface area contributed by atoms with E-state index >= 15 is 0 Å². The summed E-state index contributed by atoms with van der Waals surface area (Å²) in [6.07, 6.45) is 1.82. The number of nitrogens with zero attached hydrogens (tertiary/aromatic N) is 4. The average molecular weight is 584 g/mol. The number of Topliss-reactive ketones (excluding diaryl/α,β-unsaturated/α-hetero) is 1. The molecule has 1 saturated heterocycles. The summed E-state index contributed by atoms with van der Waals surface area (Å²) in [5, 5.41) is 12.9. The number of ketones is 1. The normalized spacial score (nSPS) is 17.3. The van der Waals surface area contributed by atoms with Crippen LogP contribution in [0.3, 0.4) is 0 Å². The minimum atomic E-state index is -1.02. The maximum Gasteiger partial charge on any atom is 0.301 e. The van der Waals surface area contributed by atoms with Crippen molar-refractivity contribution in [3.05, 3.63) is 97.9 Å². The summed E-state index contributed by atoms with van der Waals surface area (Å²) in [6.45, 7) is 3.69. The van der Waals surface area contributed by atoms with Crippen LogP contribution in [0.15, 0.2) is 60.3 Å². The highest BCUT2D eigenvalue weighted by Gasteiger charge is 2.48. The molecule has 7 nitrogen and oxygen atoms in total. The van der Waals surface area contributed by atoms with Crippen molar-refractivity contribution in [3.8, 4) is 0 Å². The van der Waals surface area contributed by atoms with Crippen LogP contribution in [-0.4, -0.2) is 31.2 Å². The fourth-order valence-corrected chi connectivity index (χ4v) is 6.27. The van der Waals surface area contributed by atoms with Gasteiger partial charge in [0.1, 0.15) is 11.3 Å². The number of hydrogen-bond donors (Lipinski definition) is 1. The van der Waals surface area contributed by atoms with Crippen LogP contribution in [-0.2, 0) is 9.59 Å². The van der Waals surface area contributed by atoms with E-state index in [0.29, 0.717) is 32.5 Å². The van der Waals surface area contributed by atoms with Crippen molar-refractivity contribution in [1.82, 2.24) is 14.4 Å². The number of fused-ring (bicyclic) bond motifs is 2. The van der Waals surface area contributed by atoms with E-state index in [1.807, 2.05) is 29.7 Å². The summed E-state index contributed by atoms with van der Waals surface area (Å²) < 4.78 is 2.57. The zero-order valence-corrected chi connectivity index (χ0v) is 23.0. The summed E-state index contributed by atoms with van der Waals surface area (Å²) in [7, 11) is 0. The Labute approximate surface area is 235 Å². The number of hydrogen-bond acceptors (Lipinski definition) is 6. The van der Waals surface area contributed by atoms with Crippen molar-refractivity contribution in [2.45, 2.75) is 19.9 Å². The molecule has 3 aromatic heterocycles. The van der Waals surface area contributed by atoms with Gasteiger partial charge >= 0.3 is 5.91 Å². The second-order valence-corrected chi connectivity index (χ2v) is 11.1. The number of carbonyl (C=O) groups excluding carboxylic acids is 2. The Kier molecular flexibility index (Phi) is 5.96. The minimum Gasteiger partial charge on any atom is -0.505 e. The fourth-order valence-electron chi connectivity index (χ4n) is 4.69. The molecule has 5 aromatic rings. The molecule has 4 heterocycles. The number of aliphatic hydroxyl groups is 1. The molecule has 0 radical (unpaired) electrons. The maximum absolute atomic E-state index is 13.6. The lowest BCUT2D eigenvalue weighted by molar-refractivity contribution is -0.132. The third kappa shape index (κ3) is 3.79. The Morgan fingerprint density at radius 2 is 1.79 bits per heavy atom. The minimum absolute atomic E-state index is 0.116. The lowest BCUT2D eigenvalue weighted by atomic mass is 9.96. The number of pyridine rings is 1. The SMILES string of the molecule is Cc1cccn2c(C)c(C(O)=C3C(=O)C(=O)N(c4nc5ccc(Cl)cc5s4)C3c3ccc(Cl)c(Cl)c3)nc12. The van der Waals surface area contributed by atoms with Crippen molar-refractivity contribution in [1.29, 1.82) is 0 Å². The molecule has 1 aliphatic heterocycles. The summed E-state index contributed by atoms with van der Waals surface area (Å²) in [5.41, 5.74) is 3.34. The van der Waals surface area contributed by atoms with Gasteiger partial charge in [0.2, 0.25) is 0 Å². The van der Waals surface area contributed by atoms with Crippen LogP contribution in [0.4, 0.5) is 5.13 Å². The number of carbonyl (C=O) groups is 2. The van der Waals surface area contributed by atoms with Gasteiger partial charge in [0, 0.05) is 11.2 Å². The Morgan fingerprint density at radius 3 is 2.53 bits per heavy atom. The van der Waals surface area contributed by atoms with E-state index < -0.39 is 17.7 Å². The first-order valence-electron chi connectivity index (χ1n) is 11.4. The number of aromatic nitrogens is 3. The number of anilines is 1. The molecular weight excluding hydrogens is 567 g/mol. The van der Waals surface area contributed by atoms with Gasteiger partial charge in [0.25, 0.3) is 5.78 Å². The molecule has 1 fully saturated rings. The highest BCUT2D eigenvalue weighted by atomic mass is 35.5. The Hall–Kier alpha value is -3.43. The van der Waals surface area contributed by atoms with Gasteiger partial charge in [-0.1, -0.05) is 58.3 Å². The zero-order chi connectivity index (χ0) is 26.9. The van der Waals surface area contributed by atoms with Crippen LogP contribution in [0.5, 0.6) is 0 Å². The van der Waals surface area contributed by atoms with E-state index in [0.717, 1.165) is 10.3 Å². The summed E-state index contributed by atoms with van der Waals surface area (Å²) >= 11 is 19.9. The molecule has 1 amide bonds. The molecule has 190 valence electrons. The first-order chi connectivity index (χ1) is 18.2. The summed E-state index contributed by atoms with van der Waals surface area (Å²) in [4.78, 5) is 37.6. The largest absolute Gasteiger partial charge is 0.505 e. The molecule has 11 heteroatoms. The fraction of sp³-hybridized carbons (Fsp3) is 0.111. The van der Waals surface area contributed by atoms with Crippen molar-refractivity contribution in [2.75, 3.05) is 4.90 Å². The van der Waals surface area contributed by atoms with Gasteiger partial charge in [-0.05, 0) is 61.4 Å². The molecule has 0 aliphatic carbocycles. The van der Waals surface area contributed by atoms with E-state index in [-0.39, 0.29) is 27.2 Å². The van der Waals surface area contributed by atoms with Gasteiger partial charge in [-0.25, -0.2) is 9.97 Å². The number of halogens is 3. The number of aliphatic hydroxyl groups excluding tert-OH is 1. The van der Waals surface area contributed by atoms with Gasteiger partial charge in [-0.15, -0.1) is 0 Å². The van der Waals surface area contributed by atoms with Crippen LogP contribution >= 0.6 is 46.1 Å². The van der Waals surface area contributed by atoms with Crippen molar-refractivity contribution in [3.63, 3.8) is 0 Å².